The molecule has 22 heavy (non-hydrogen) atoms. The number of fused-ring (bicyclic) bond motifs is 1. The lowest BCUT2D eigenvalue weighted by Crippen LogP contribution is -2.55. The van der Waals surface area contributed by atoms with Gasteiger partial charge in [-0.3, -0.25) is 14.5 Å². The minimum atomic E-state index is -0.331. The fraction of sp³-hybridized carbons (Fsp3) is 0.357. The van der Waals surface area contributed by atoms with E-state index in [9.17, 15) is 14.0 Å². The lowest BCUT2D eigenvalue weighted by molar-refractivity contribution is -0.129. The maximum atomic E-state index is 13.1. The number of carbonyl (C=O) groups excluding carboxylic acids is 2. The number of rotatable bonds is 3. The van der Waals surface area contributed by atoms with Crippen LogP contribution in [0.15, 0.2) is 18.2 Å². The van der Waals surface area contributed by atoms with Gasteiger partial charge in [-0.15, -0.1) is 0 Å². The van der Waals surface area contributed by atoms with Crippen LogP contribution in [0, 0.1) is 5.82 Å². The molecule has 6 nitrogen and oxygen atoms in total. The number of nitrogens with one attached hydrogen (secondary N) is 2. The van der Waals surface area contributed by atoms with Crippen LogP contribution in [0.3, 0.4) is 0 Å². The van der Waals surface area contributed by atoms with Gasteiger partial charge in [-0.25, -0.2) is 9.37 Å². The van der Waals surface area contributed by atoms with Crippen LogP contribution in [0.2, 0.25) is 0 Å². The summed E-state index contributed by atoms with van der Waals surface area (Å²) in [4.78, 5) is 29.7. The summed E-state index contributed by atoms with van der Waals surface area (Å²) in [6.07, 6.45) is 0. The zero-order valence-electron chi connectivity index (χ0n) is 11.9. The van der Waals surface area contributed by atoms with E-state index in [4.69, 9.17) is 0 Å². The summed E-state index contributed by atoms with van der Waals surface area (Å²) in [7, 11) is 0. The summed E-state index contributed by atoms with van der Waals surface area (Å²) < 4.78 is 13.8. The smallest absolute Gasteiger partial charge is 0.240 e. The first-order valence-electron chi connectivity index (χ1n) is 6.90. The fourth-order valence-corrected chi connectivity index (χ4v) is 3.25. The average Bonchev–Trinajstić information content (AvgIpc) is 2.85. The van der Waals surface area contributed by atoms with E-state index in [1.807, 2.05) is 0 Å². The topological polar surface area (TPSA) is 74.3 Å². The predicted octanol–water partition coefficient (Wildman–Crippen LogP) is 1.19. The van der Waals surface area contributed by atoms with E-state index >= 15 is 0 Å². The summed E-state index contributed by atoms with van der Waals surface area (Å²) in [5.41, 5.74) is 0.646. The second kappa shape index (κ2) is 5.98. The Balaban J connectivity index is 1.66. The largest absolute Gasteiger partial charge is 0.353 e. The summed E-state index contributed by atoms with van der Waals surface area (Å²) in [5.74, 6) is -0.641. The van der Waals surface area contributed by atoms with Crippen LogP contribution >= 0.6 is 11.3 Å². The van der Waals surface area contributed by atoms with Crippen molar-refractivity contribution in [2.45, 2.75) is 13.0 Å². The van der Waals surface area contributed by atoms with Crippen LogP contribution in [0.4, 0.5) is 9.52 Å². The molecule has 1 fully saturated rings. The van der Waals surface area contributed by atoms with Crippen molar-refractivity contribution in [2.24, 2.45) is 0 Å². The molecule has 1 aliphatic rings. The van der Waals surface area contributed by atoms with Crippen LogP contribution in [-0.2, 0) is 9.59 Å². The first kappa shape index (κ1) is 14.9. The quantitative estimate of drug-likeness (QED) is 0.890. The van der Waals surface area contributed by atoms with E-state index in [0.717, 1.165) is 0 Å². The number of nitrogens with zero attached hydrogens (tertiary/aromatic N) is 2. The highest BCUT2D eigenvalue weighted by atomic mass is 32.1. The van der Waals surface area contributed by atoms with Crippen molar-refractivity contribution < 1.29 is 14.0 Å². The van der Waals surface area contributed by atoms with E-state index in [-0.39, 0.29) is 30.2 Å². The number of amides is 2. The Hall–Kier alpha value is -2.06. The minimum Gasteiger partial charge on any atom is -0.353 e. The van der Waals surface area contributed by atoms with E-state index < -0.39 is 0 Å². The summed E-state index contributed by atoms with van der Waals surface area (Å²) in [5, 5.41) is 5.89. The molecule has 0 radical (unpaired) electrons. The maximum Gasteiger partial charge on any atom is 0.240 e. The van der Waals surface area contributed by atoms with Crippen LogP contribution in [0.5, 0.6) is 0 Å². The molecule has 1 unspecified atom stereocenters. The highest BCUT2D eigenvalue weighted by Gasteiger charge is 2.27. The molecular formula is C14H15FN4O2S. The summed E-state index contributed by atoms with van der Waals surface area (Å²) >= 11 is 1.22. The molecule has 3 rings (SSSR count). The fourth-order valence-electron chi connectivity index (χ4n) is 2.34. The average molecular weight is 322 g/mol. The number of benzene rings is 1. The van der Waals surface area contributed by atoms with E-state index in [0.29, 0.717) is 28.4 Å². The van der Waals surface area contributed by atoms with Crippen molar-refractivity contribution in [2.75, 3.05) is 25.0 Å². The third kappa shape index (κ3) is 3.07. The molecule has 1 aromatic carbocycles. The van der Waals surface area contributed by atoms with Gasteiger partial charge in [0.25, 0.3) is 0 Å². The molecule has 1 aromatic heterocycles. The number of halogens is 1. The highest BCUT2D eigenvalue weighted by molar-refractivity contribution is 7.22. The van der Waals surface area contributed by atoms with E-state index in [1.54, 1.807) is 17.9 Å². The standard InChI is InChI=1S/C14H15FN4O2S/c1-8-13(21)16-4-5-19(8)7-12(20)18-14-17-10-3-2-9(15)6-11(10)22-14/h2-3,6,8H,4-5,7H2,1H3,(H,16,21)(H,17,18,20). The number of piperazine rings is 1. The molecule has 116 valence electrons. The second-order valence-corrected chi connectivity index (χ2v) is 6.15. The SMILES string of the molecule is CC1C(=O)NCCN1CC(=O)Nc1nc2ccc(F)cc2s1. The van der Waals surface area contributed by atoms with Crippen LogP contribution in [0.1, 0.15) is 6.92 Å². The Labute approximate surface area is 130 Å². The van der Waals surface area contributed by atoms with Gasteiger partial charge >= 0.3 is 0 Å². The minimum absolute atomic E-state index is 0.0745. The molecule has 2 amide bonds. The molecule has 0 spiro atoms. The molecule has 2 aromatic rings. The lowest BCUT2D eigenvalue weighted by Gasteiger charge is -2.31. The Morgan fingerprint density at radius 2 is 2.41 bits per heavy atom. The number of anilines is 1. The molecule has 1 saturated heterocycles. The molecule has 0 saturated carbocycles. The summed E-state index contributed by atoms with van der Waals surface area (Å²) in [6, 6.07) is 3.97. The van der Waals surface area contributed by atoms with Crippen molar-refractivity contribution in [3.63, 3.8) is 0 Å². The van der Waals surface area contributed by atoms with Gasteiger partial charge in [0.2, 0.25) is 11.8 Å². The Morgan fingerprint density at radius 3 is 3.23 bits per heavy atom. The second-order valence-electron chi connectivity index (χ2n) is 5.12. The van der Waals surface area contributed by atoms with Gasteiger partial charge in [0.1, 0.15) is 5.82 Å². The zero-order valence-corrected chi connectivity index (χ0v) is 12.7. The van der Waals surface area contributed by atoms with Gasteiger partial charge in [0, 0.05) is 13.1 Å². The van der Waals surface area contributed by atoms with Gasteiger partial charge in [-0.05, 0) is 25.1 Å². The number of carbonyl (C=O) groups is 2. The lowest BCUT2D eigenvalue weighted by atomic mass is 10.2. The van der Waals surface area contributed by atoms with Gasteiger partial charge < -0.3 is 10.6 Å². The predicted molar refractivity (Wildman–Crippen MR) is 82.3 cm³/mol. The molecule has 8 heteroatoms. The molecule has 2 N–H and O–H groups in total. The van der Waals surface area contributed by atoms with Crippen LogP contribution in [0.25, 0.3) is 10.2 Å². The van der Waals surface area contributed by atoms with Crippen molar-refractivity contribution in [1.82, 2.24) is 15.2 Å². The highest BCUT2D eigenvalue weighted by Crippen LogP contribution is 2.26. The van der Waals surface area contributed by atoms with Gasteiger partial charge in [-0.1, -0.05) is 11.3 Å². The Bertz CT molecular complexity index is 733. The third-order valence-electron chi connectivity index (χ3n) is 3.57. The third-order valence-corrected chi connectivity index (χ3v) is 4.50. The van der Waals surface area contributed by atoms with Crippen molar-refractivity contribution in [1.29, 1.82) is 0 Å². The number of hydrogen-bond acceptors (Lipinski definition) is 5. The molecule has 0 bridgehead atoms. The summed E-state index contributed by atoms with van der Waals surface area (Å²) in [6.45, 7) is 3.06. The van der Waals surface area contributed by atoms with Crippen LogP contribution in [-0.4, -0.2) is 47.4 Å². The Kier molecular flexibility index (Phi) is 4.04. The van der Waals surface area contributed by atoms with Gasteiger partial charge in [0.05, 0.1) is 22.8 Å². The van der Waals surface area contributed by atoms with Gasteiger partial charge in [-0.2, -0.15) is 0 Å². The molecule has 0 aliphatic carbocycles. The monoisotopic (exact) mass is 322 g/mol. The van der Waals surface area contributed by atoms with E-state index in [1.165, 1.54) is 23.5 Å². The molecule has 2 heterocycles. The first-order valence-corrected chi connectivity index (χ1v) is 7.72. The molecular weight excluding hydrogens is 307 g/mol. The number of aromatic nitrogens is 1. The number of hydrogen-bond donors (Lipinski definition) is 2. The number of thiazole rings is 1. The normalized spacial score (nSPS) is 19.2. The maximum absolute atomic E-state index is 13.1. The zero-order chi connectivity index (χ0) is 15.7. The molecule has 1 atom stereocenters. The van der Waals surface area contributed by atoms with Crippen molar-refractivity contribution >= 4 is 38.5 Å². The molecule has 1 aliphatic heterocycles. The van der Waals surface area contributed by atoms with Crippen LogP contribution < -0.4 is 10.6 Å². The first-order chi connectivity index (χ1) is 10.5. The van der Waals surface area contributed by atoms with Gasteiger partial charge in [0.15, 0.2) is 5.13 Å². The van der Waals surface area contributed by atoms with E-state index in [2.05, 4.69) is 15.6 Å². The van der Waals surface area contributed by atoms with Crippen molar-refractivity contribution in [3.05, 3.63) is 24.0 Å². The Morgan fingerprint density at radius 1 is 1.59 bits per heavy atom. The van der Waals surface area contributed by atoms with Crippen molar-refractivity contribution in [3.8, 4) is 0 Å².